The topological polar surface area (TPSA) is 3.24 Å². The molecule has 0 bridgehead atoms. The molecule has 0 saturated carbocycles. The zero-order chi connectivity index (χ0) is 36.6. The van der Waals surface area contributed by atoms with Crippen molar-refractivity contribution in [2.75, 3.05) is 4.90 Å². The highest BCUT2D eigenvalue weighted by Gasteiger charge is 2.51. The van der Waals surface area contributed by atoms with Crippen molar-refractivity contribution in [3.63, 3.8) is 0 Å². The van der Waals surface area contributed by atoms with Gasteiger partial charge < -0.3 is 4.90 Å². The van der Waals surface area contributed by atoms with E-state index in [9.17, 15) is 0 Å². The van der Waals surface area contributed by atoms with E-state index in [0.717, 1.165) is 17.1 Å². The molecule has 2 aliphatic carbocycles. The zero-order valence-corrected chi connectivity index (χ0v) is 31.2. The molecule has 0 N–H and O–H groups in total. The summed E-state index contributed by atoms with van der Waals surface area (Å²) in [7, 11) is 0. The molecular formula is C53H41N. The summed E-state index contributed by atoms with van der Waals surface area (Å²) in [6.45, 7) is 8.92. The Kier molecular flexibility index (Phi) is 7.35. The van der Waals surface area contributed by atoms with Gasteiger partial charge in [0.25, 0.3) is 0 Å². The summed E-state index contributed by atoms with van der Waals surface area (Å²) in [5.74, 6) is 0. The molecule has 0 fully saturated rings. The molecule has 8 aromatic carbocycles. The maximum atomic E-state index is 2.51. The Balaban J connectivity index is 1.28. The molecule has 0 radical (unpaired) electrons. The van der Waals surface area contributed by atoms with Crippen LogP contribution in [0.2, 0.25) is 0 Å². The first-order valence-electron chi connectivity index (χ1n) is 19.0. The van der Waals surface area contributed by atoms with Crippen molar-refractivity contribution in [2.24, 2.45) is 0 Å². The van der Waals surface area contributed by atoms with Gasteiger partial charge in [-0.1, -0.05) is 163 Å². The summed E-state index contributed by atoms with van der Waals surface area (Å²) in [5.41, 5.74) is 23.8. The number of hydrogen-bond acceptors (Lipinski definition) is 1. The van der Waals surface area contributed by atoms with Gasteiger partial charge in [-0.3, -0.25) is 0 Å². The Labute approximate surface area is 318 Å². The first-order valence-corrected chi connectivity index (χ1v) is 19.0. The van der Waals surface area contributed by atoms with Crippen LogP contribution in [0.5, 0.6) is 0 Å². The van der Waals surface area contributed by atoms with Gasteiger partial charge in [0.1, 0.15) is 0 Å². The van der Waals surface area contributed by atoms with Gasteiger partial charge in [0.05, 0.1) is 16.8 Å². The fourth-order valence-electron chi connectivity index (χ4n) is 9.52. The standard InChI is InChI=1S/C53H41N/c1-34-25-28-43-44-29-26-35(2)32-49(44)53(48(43)31-34)46-22-12-10-21-42(46)45-33-39(27-30-47(45)53)54(50-23-13-11-20-41(50)38-17-6-5-7-18-38)51-24-14-16-37(4)52(51)40-19-9-8-15-36(40)3/h5-33H,1-4H3. The maximum Gasteiger partial charge on any atom is 0.0725 e. The Bertz CT molecular complexity index is 2720. The lowest BCUT2D eigenvalue weighted by Crippen LogP contribution is -2.26. The number of benzene rings is 8. The molecule has 258 valence electrons. The number of para-hydroxylation sites is 1. The Morgan fingerprint density at radius 3 is 1.63 bits per heavy atom. The van der Waals surface area contributed by atoms with Crippen LogP contribution < -0.4 is 4.90 Å². The first kappa shape index (κ1) is 32.2. The number of aryl methyl sites for hydroxylation is 4. The molecule has 2 aliphatic rings. The molecule has 0 aromatic heterocycles. The van der Waals surface area contributed by atoms with Gasteiger partial charge in [-0.15, -0.1) is 0 Å². The second-order valence-corrected chi connectivity index (χ2v) is 15.1. The lowest BCUT2D eigenvalue weighted by atomic mass is 9.70. The highest BCUT2D eigenvalue weighted by Crippen LogP contribution is 2.63. The third kappa shape index (κ3) is 4.64. The number of hydrogen-bond donors (Lipinski definition) is 0. The summed E-state index contributed by atoms with van der Waals surface area (Å²) in [4.78, 5) is 2.51. The average Bonchev–Trinajstić information content (AvgIpc) is 3.65. The number of rotatable bonds is 5. The Hall–Kier alpha value is -6.44. The molecule has 0 atom stereocenters. The summed E-state index contributed by atoms with van der Waals surface area (Å²) in [5, 5.41) is 0. The van der Waals surface area contributed by atoms with E-state index < -0.39 is 5.41 Å². The van der Waals surface area contributed by atoms with E-state index in [1.165, 1.54) is 89.0 Å². The minimum atomic E-state index is -0.393. The van der Waals surface area contributed by atoms with Crippen molar-refractivity contribution in [3.05, 3.63) is 220 Å². The van der Waals surface area contributed by atoms with Crippen molar-refractivity contribution in [2.45, 2.75) is 33.1 Å². The van der Waals surface area contributed by atoms with E-state index in [2.05, 4.69) is 209 Å². The average molecular weight is 692 g/mol. The van der Waals surface area contributed by atoms with Gasteiger partial charge in [0.2, 0.25) is 0 Å². The minimum Gasteiger partial charge on any atom is -0.309 e. The number of fused-ring (bicyclic) bond motifs is 10. The SMILES string of the molecule is Cc1ccc2c(c1)C1(c3ccccc3-c3cc(N(c4ccccc4-c4ccccc4)c4cccc(C)c4-c4ccccc4C)ccc31)c1cc(C)ccc1-2. The van der Waals surface area contributed by atoms with E-state index in [4.69, 9.17) is 0 Å². The Morgan fingerprint density at radius 2 is 0.907 bits per heavy atom. The fourth-order valence-corrected chi connectivity index (χ4v) is 9.52. The third-order valence-electron chi connectivity index (χ3n) is 11.9. The van der Waals surface area contributed by atoms with Gasteiger partial charge in [0, 0.05) is 16.8 Å². The first-order chi connectivity index (χ1) is 26.4. The monoisotopic (exact) mass is 691 g/mol. The predicted octanol–water partition coefficient (Wildman–Crippen LogP) is 14.1. The van der Waals surface area contributed by atoms with Crippen molar-refractivity contribution in [1.29, 1.82) is 0 Å². The Morgan fingerprint density at radius 1 is 0.352 bits per heavy atom. The molecule has 0 aliphatic heterocycles. The van der Waals surface area contributed by atoms with Crippen molar-refractivity contribution >= 4 is 17.1 Å². The van der Waals surface area contributed by atoms with Crippen LogP contribution >= 0.6 is 0 Å². The third-order valence-corrected chi connectivity index (χ3v) is 11.9. The summed E-state index contributed by atoms with van der Waals surface area (Å²) >= 11 is 0. The quantitative estimate of drug-likeness (QED) is 0.174. The summed E-state index contributed by atoms with van der Waals surface area (Å²) < 4.78 is 0. The summed E-state index contributed by atoms with van der Waals surface area (Å²) in [6.07, 6.45) is 0. The van der Waals surface area contributed by atoms with E-state index >= 15 is 0 Å². The van der Waals surface area contributed by atoms with Gasteiger partial charge in [0.15, 0.2) is 0 Å². The molecule has 1 spiro atoms. The van der Waals surface area contributed by atoms with Crippen LogP contribution in [0.25, 0.3) is 44.5 Å². The maximum absolute atomic E-state index is 2.51. The van der Waals surface area contributed by atoms with Crippen molar-refractivity contribution in [3.8, 4) is 44.5 Å². The molecular weight excluding hydrogens is 651 g/mol. The summed E-state index contributed by atoms with van der Waals surface area (Å²) in [6, 6.07) is 65.7. The molecule has 0 saturated heterocycles. The second kappa shape index (κ2) is 12.3. The normalized spacial score (nSPS) is 13.0. The largest absolute Gasteiger partial charge is 0.309 e. The number of anilines is 3. The van der Waals surface area contributed by atoms with Gasteiger partial charge in [-0.2, -0.15) is 0 Å². The molecule has 10 rings (SSSR count). The molecule has 1 nitrogen and oxygen atoms in total. The van der Waals surface area contributed by atoms with Crippen LogP contribution in [-0.4, -0.2) is 0 Å². The molecule has 1 heteroatoms. The van der Waals surface area contributed by atoms with Crippen LogP contribution in [-0.2, 0) is 5.41 Å². The molecule has 0 heterocycles. The van der Waals surface area contributed by atoms with Gasteiger partial charge in [-0.05, 0) is 119 Å². The smallest absolute Gasteiger partial charge is 0.0725 e. The van der Waals surface area contributed by atoms with E-state index in [1.54, 1.807) is 0 Å². The van der Waals surface area contributed by atoms with Crippen LogP contribution in [0.4, 0.5) is 17.1 Å². The lowest BCUT2D eigenvalue weighted by Gasteiger charge is -2.33. The predicted molar refractivity (Wildman–Crippen MR) is 227 cm³/mol. The highest BCUT2D eigenvalue weighted by atomic mass is 15.1. The highest BCUT2D eigenvalue weighted by molar-refractivity contribution is 5.99. The lowest BCUT2D eigenvalue weighted by molar-refractivity contribution is 0.791. The van der Waals surface area contributed by atoms with Crippen LogP contribution in [0.3, 0.4) is 0 Å². The van der Waals surface area contributed by atoms with Crippen LogP contribution in [0.15, 0.2) is 176 Å². The second-order valence-electron chi connectivity index (χ2n) is 15.1. The fraction of sp³-hybridized carbons (Fsp3) is 0.0943. The molecule has 0 unspecified atom stereocenters. The van der Waals surface area contributed by atoms with Crippen LogP contribution in [0, 0.1) is 27.7 Å². The van der Waals surface area contributed by atoms with Crippen molar-refractivity contribution in [1.82, 2.24) is 0 Å². The minimum absolute atomic E-state index is 0.393. The van der Waals surface area contributed by atoms with Crippen molar-refractivity contribution < 1.29 is 0 Å². The van der Waals surface area contributed by atoms with Crippen LogP contribution in [0.1, 0.15) is 44.5 Å². The van der Waals surface area contributed by atoms with Gasteiger partial charge >= 0.3 is 0 Å². The molecule has 54 heavy (non-hydrogen) atoms. The molecule has 8 aromatic rings. The van der Waals surface area contributed by atoms with E-state index in [1.807, 2.05) is 0 Å². The van der Waals surface area contributed by atoms with Gasteiger partial charge in [-0.25, -0.2) is 0 Å². The number of nitrogens with zero attached hydrogens (tertiary/aromatic N) is 1. The molecule has 0 amide bonds. The van der Waals surface area contributed by atoms with E-state index in [0.29, 0.717) is 0 Å². The van der Waals surface area contributed by atoms with E-state index in [-0.39, 0.29) is 0 Å². The zero-order valence-electron chi connectivity index (χ0n) is 31.2.